The van der Waals surface area contributed by atoms with Gasteiger partial charge in [0.1, 0.15) is 5.69 Å². The first-order valence-corrected chi connectivity index (χ1v) is 7.27. The number of anilines is 1. The Morgan fingerprint density at radius 1 is 1.53 bits per heavy atom. The Bertz CT molecular complexity index is 450. The molecule has 4 heteroatoms. The number of carbonyl (C=O) groups is 1. The van der Waals surface area contributed by atoms with Crippen molar-refractivity contribution in [1.29, 1.82) is 0 Å². The van der Waals surface area contributed by atoms with E-state index in [1.807, 2.05) is 15.7 Å². The molecule has 1 amide bonds. The third kappa shape index (κ3) is 2.94. The molecule has 2 N–H and O–H groups in total. The molecule has 1 aliphatic rings. The van der Waals surface area contributed by atoms with E-state index in [1.165, 1.54) is 0 Å². The van der Waals surface area contributed by atoms with E-state index in [1.54, 1.807) is 6.07 Å². The maximum atomic E-state index is 12.6. The van der Waals surface area contributed by atoms with E-state index < -0.39 is 0 Å². The molecular weight excluding hydrogens is 238 g/mol. The minimum Gasteiger partial charge on any atom is -0.397 e. The summed E-state index contributed by atoms with van der Waals surface area (Å²) in [5, 5.41) is 0. The molecule has 1 saturated heterocycles. The number of nitrogens with two attached hydrogens (primary N) is 1. The van der Waals surface area contributed by atoms with Crippen molar-refractivity contribution in [3.63, 3.8) is 0 Å². The van der Waals surface area contributed by atoms with E-state index in [0.29, 0.717) is 17.5 Å². The average molecular weight is 263 g/mol. The standard InChI is InChI=1S/C15H25N3O/c1-4-6-17-10-13(16)8-14(17)15(19)18-7-5-12(9-18)11(2)3/h8,10-12H,4-7,9,16H2,1-3H3. The Labute approximate surface area is 115 Å². The van der Waals surface area contributed by atoms with Crippen LogP contribution < -0.4 is 5.73 Å². The van der Waals surface area contributed by atoms with Crippen LogP contribution >= 0.6 is 0 Å². The summed E-state index contributed by atoms with van der Waals surface area (Å²) < 4.78 is 1.99. The fraction of sp³-hybridized carbons (Fsp3) is 0.667. The zero-order valence-electron chi connectivity index (χ0n) is 12.2. The summed E-state index contributed by atoms with van der Waals surface area (Å²) in [5.41, 5.74) is 7.25. The van der Waals surface area contributed by atoms with Crippen molar-refractivity contribution in [3.8, 4) is 0 Å². The molecular formula is C15H25N3O. The maximum Gasteiger partial charge on any atom is 0.270 e. The molecule has 4 nitrogen and oxygen atoms in total. The number of nitrogens with zero attached hydrogens (tertiary/aromatic N) is 2. The number of aromatic nitrogens is 1. The number of nitrogen functional groups attached to an aromatic ring is 1. The molecule has 0 radical (unpaired) electrons. The van der Waals surface area contributed by atoms with Gasteiger partial charge in [0.15, 0.2) is 0 Å². The van der Waals surface area contributed by atoms with Gasteiger partial charge in [0.2, 0.25) is 0 Å². The Kier molecular flexibility index (Phi) is 4.17. The summed E-state index contributed by atoms with van der Waals surface area (Å²) >= 11 is 0. The van der Waals surface area contributed by atoms with Gasteiger partial charge in [-0.15, -0.1) is 0 Å². The first kappa shape index (κ1) is 14.0. The van der Waals surface area contributed by atoms with Crippen LogP contribution in [-0.4, -0.2) is 28.5 Å². The van der Waals surface area contributed by atoms with E-state index in [-0.39, 0.29) is 5.91 Å². The molecule has 106 valence electrons. The van der Waals surface area contributed by atoms with Crippen molar-refractivity contribution in [2.24, 2.45) is 11.8 Å². The predicted octanol–water partition coefficient (Wildman–Crippen LogP) is 2.60. The molecule has 1 aromatic rings. The lowest BCUT2D eigenvalue weighted by molar-refractivity contribution is 0.0773. The highest BCUT2D eigenvalue weighted by Crippen LogP contribution is 2.25. The normalized spacial score (nSPS) is 19.4. The van der Waals surface area contributed by atoms with E-state index in [9.17, 15) is 4.79 Å². The van der Waals surface area contributed by atoms with Crippen LogP contribution in [0.25, 0.3) is 0 Å². The molecule has 1 fully saturated rings. The third-order valence-corrected chi connectivity index (χ3v) is 4.06. The number of hydrogen-bond acceptors (Lipinski definition) is 2. The lowest BCUT2D eigenvalue weighted by Gasteiger charge is -2.19. The Morgan fingerprint density at radius 3 is 2.84 bits per heavy atom. The van der Waals surface area contributed by atoms with Crippen molar-refractivity contribution in [3.05, 3.63) is 18.0 Å². The van der Waals surface area contributed by atoms with Crippen molar-refractivity contribution in [2.75, 3.05) is 18.8 Å². The molecule has 19 heavy (non-hydrogen) atoms. The van der Waals surface area contributed by atoms with Crippen LogP contribution in [0.2, 0.25) is 0 Å². The fourth-order valence-electron chi connectivity index (χ4n) is 2.82. The van der Waals surface area contributed by atoms with Crippen LogP contribution in [0.5, 0.6) is 0 Å². The van der Waals surface area contributed by atoms with Gasteiger partial charge in [0.05, 0.1) is 5.69 Å². The highest BCUT2D eigenvalue weighted by Gasteiger charge is 2.29. The van der Waals surface area contributed by atoms with Gasteiger partial charge in [-0.1, -0.05) is 20.8 Å². The number of hydrogen-bond donors (Lipinski definition) is 1. The topological polar surface area (TPSA) is 51.3 Å². The van der Waals surface area contributed by atoms with Gasteiger partial charge in [-0.2, -0.15) is 0 Å². The predicted molar refractivity (Wildman–Crippen MR) is 78.0 cm³/mol. The van der Waals surface area contributed by atoms with E-state index in [0.717, 1.165) is 38.2 Å². The van der Waals surface area contributed by atoms with Crippen molar-refractivity contribution < 1.29 is 4.79 Å². The van der Waals surface area contributed by atoms with Crippen LogP contribution in [-0.2, 0) is 6.54 Å². The average Bonchev–Trinajstić information content (AvgIpc) is 2.95. The van der Waals surface area contributed by atoms with Crippen molar-refractivity contribution >= 4 is 11.6 Å². The molecule has 0 bridgehead atoms. The molecule has 2 heterocycles. The molecule has 1 aliphatic heterocycles. The smallest absolute Gasteiger partial charge is 0.270 e. The Morgan fingerprint density at radius 2 is 2.26 bits per heavy atom. The van der Waals surface area contributed by atoms with Gasteiger partial charge >= 0.3 is 0 Å². The second-order valence-electron chi connectivity index (χ2n) is 5.90. The monoisotopic (exact) mass is 263 g/mol. The summed E-state index contributed by atoms with van der Waals surface area (Å²) in [6.45, 7) is 9.17. The number of aryl methyl sites for hydroxylation is 1. The first-order chi connectivity index (χ1) is 9.02. The second kappa shape index (κ2) is 5.68. The number of amides is 1. The fourth-order valence-corrected chi connectivity index (χ4v) is 2.82. The first-order valence-electron chi connectivity index (χ1n) is 7.27. The quantitative estimate of drug-likeness (QED) is 0.907. The van der Waals surface area contributed by atoms with Crippen molar-refractivity contribution in [1.82, 2.24) is 9.47 Å². The minimum absolute atomic E-state index is 0.133. The molecule has 0 aromatic carbocycles. The van der Waals surface area contributed by atoms with Crippen LogP contribution in [0.4, 0.5) is 5.69 Å². The van der Waals surface area contributed by atoms with Gasteiger partial charge in [0, 0.05) is 25.8 Å². The Hall–Kier alpha value is -1.45. The van der Waals surface area contributed by atoms with E-state index >= 15 is 0 Å². The summed E-state index contributed by atoms with van der Waals surface area (Å²) in [5.74, 6) is 1.41. The van der Waals surface area contributed by atoms with Gasteiger partial charge in [0.25, 0.3) is 5.91 Å². The molecule has 1 unspecified atom stereocenters. The number of carbonyl (C=O) groups excluding carboxylic acids is 1. The van der Waals surface area contributed by atoms with Gasteiger partial charge in [-0.05, 0) is 30.7 Å². The highest BCUT2D eigenvalue weighted by atomic mass is 16.2. The van der Waals surface area contributed by atoms with Crippen LogP contribution in [0.3, 0.4) is 0 Å². The molecule has 1 atom stereocenters. The number of likely N-dealkylation sites (tertiary alicyclic amines) is 1. The number of rotatable bonds is 4. The summed E-state index contributed by atoms with van der Waals surface area (Å²) in [6, 6.07) is 1.81. The van der Waals surface area contributed by atoms with Gasteiger partial charge in [-0.3, -0.25) is 4.79 Å². The van der Waals surface area contributed by atoms with Gasteiger partial charge < -0.3 is 15.2 Å². The molecule has 1 aromatic heterocycles. The van der Waals surface area contributed by atoms with Crippen LogP contribution in [0.1, 0.15) is 44.1 Å². The SMILES string of the molecule is CCCn1cc(N)cc1C(=O)N1CCC(C(C)C)C1. The second-order valence-corrected chi connectivity index (χ2v) is 5.90. The molecule has 0 spiro atoms. The molecule has 0 saturated carbocycles. The summed E-state index contributed by atoms with van der Waals surface area (Å²) in [6.07, 6.45) is 3.99. The third-order valence-electron chi connectivity index (χ3n) is 4.06. The Balaban J connectivity index is 2.12. The molecule has 2 rings (SSSR count). The maximum absolute atomic E-state index is 12.6. The minimum atomic E-state index is 0.133. The largest absolute Gasteiger partial charge is 0.397 e. The summed E-state index contributed by atoms with van der Waals surface area (Å²) in [7, 11) is 0. The molecule has 0 aliphatic carbocycles. The van der Waals surface area contributed by atoms with Crippen molar-refractivity contribution in [2.45, 2.75) is 40.2 Å². The highest BCUT2D eigenvalue weighted by molar-refractivity contribution is 5.94. The lowest BCUT2D eigenvalue weighted by Crippen LogP contribution is -2.31. The van der Waals surface area contributed by atoms with Gasteiger partial charge in [-0.25, -0.2) is 0 Å². The van der Waals surface area contributed by atoms with Crippen LogP contribution in [0.15, 0.2) is 12.3 Å². The zero-order chi connectivity index (χ0) is 14.0. The van der Waals surface area contributed by atoms with Crippen LogP contribution in [0, 0.1) is 11.8 Å². The zero-order valence-corrected chi connectivity index (χ0v) is 12.2. The lowest BCUT2D eigenvalue weighted by atomic mass is 9.95. The van der Waals surface area contributed by atoms with E-state index in [4.69, 9.17) is 5.73 Å². The van der Waals surface area contributed by atoms with E-state index in [2.05, 4.69) is 20.8 Å². The summed E-state index contributed by atoms with van der Waals surface area (Å²) in [4.78, 5) is 14.6.